The van der Waals surface area contributed by atoms with Crippen LogP contribution in [0.15, 0.2) is 98.1 Å². The number of alkyl halides is 1. The maximum absolute atomic E-state index is 15.2. The van der Waals surface area contributed by atoms with E-state index in [1.165, 1.54) is 4.90 Å². The maximum Gasteiger partial charge on any atom is 0.306 e. The van der Waals surface area contributed by atoms with Gasteiger partial charge in [0.05, 0.1) is 36.6 Å². The molecule has 3 aliphatic rings. The molecule has 3 aromatic rings. The third-order valence-corrected chi connectivity index (χ3v) is 12.1. The van der Waals surface area contributed by atoms with Gasteiger partial charge in [-0.15, -0.1) is 13.2 Å². The van der Waals surface area contributed by atoms with Gasteiger partial charge in [-0.1, -0.05) is 109 Å². The summed E-state index contributed by atoms with van der Waals surface area (Å²) in [4.78, 5) is 60.0. The second kappa shape index (κ2) is 16.4. The summed E-state index contributed by atoms with van der Waals surface area (Å²) in [6.45, 7) is 11.2. The van der Waals surface area contributed by atoms with Crippen LogP contribution in [0.4, 0.5) is 5.69 Å². The van der Waals surface area contributed by atoms with E-state index in [2.05, 4.69) is 34.4 Å². The lowest BCUT2D eigenvalue weighted by atomic mass is 9.70. The lowest BCUT2D eigenvalue weighted by Gasteiger charge is -2.41. The Kier molecular flexibility index (Phi) is 11.9. The van der Waals surface area contributed by atoms with Crippen LogP contribution in [0.3, 0.4) is 0 Å². The Morgan fingerprint density at radius 1 is 1.09 bits per heavy atom. The van der Waals surface area contributed by atoms with E-state index in [-0.39, 0.29) is 42.8 Å². The molecule has 1 spiro atoms. The number of carbonyl (C=O) groups excluding carboxylic acids is 4. The van der Waals surface area contributed by atoms with Crippen LogP contribution in [-0.4, -0.2) is 82.1 Å². The fourth-order valence-corrected chi connectivity index (χ4v) is 9.35. The number of halogens is 1. The van der Waals surface area contributed by atoms with Gasteiger partial charge in [0.15, 0.2) is 0 Å². The van der Waals surface area contributed by atoms with Crippen molar-refractivity contribution in [1.82, 2.24) is 10.2 Å². The molecule has 11 heteroatoms. The molecule has 0 radical (unpaired) electrons. The number of aliphatic hydroxyl groups is 1. The molecule has 2 bridgehead atoms. The number of likely N-dealkylation sites (tertiary alicyclic amines) is 1. The Hall–Kier alpha value is -4.32. The largest absolute Gasteiger partial charge is 0.463 e. The molecule has 2 N–H and O–H groups in total. The van der Waals surface area contributed by atoms with Crippen molar-refractivity contribution in [2.24, 2.45) is 17.8 Å². The average molecular weight is 787 g/mol. The molecule has 3 heterocycles. The van der Waals surface area contributed by atoms with E-state index in [9.17, 15) is 19.5 Å². The Morgan fingerprint density at radius 3 is 2.49 bits per heavy atom. The monoisotopic (exact) mass is 785 g/mol. The van der Waals surface area contributed by atoms with Gasteiger partial charge in [0, 0.05) is 23.5 Å². The predicted octanol–water partition coefficient (Wildman–Crippen LogP) is 5.88. The van der Waals surface area contributed by atoms with Gasteiger partial charge >= 0.3 is 5.97 Å². The molecule has 6 rings (SSSR count). The van der Waals surface area contributed by atoms with Crippen LogP contribution < -0.4 is 10.2 Å². The van der Waals surface area contributed by atoms with Crippen molar-refractivity contribution >= 4 is 56.1 Å². The molecule has 53 heavy (non-hydrogen) atoms. The van der Waals surface area contributed by atoms with Gasteiger partial charge in [0.1, 0.15) is 18.2 Å². The summed E-state index contributed by atoms with van der Waals surface area (Å²) in [6, 6.07) is 20.3. The van der Waals surface area contributed by atoms with Crippen LogP contribution in [-0.2, 0) is 28.7 Å². The summed E-state index contributed by atoms with van der Waals surface area (Å²) < 4.78 is 12.4. The van der Waals surface area contributed by atoms with Crippen molar-refractivity contribution in [2.45, 2.75) is 74.2 Å². The summed E-state index contributed by atoms with van der Waals surface area (Å²) in [5.41, 5.74) is 0.00741. The second-order valence-electron chi connectivity index (χ2n) is 14.3. The molecule has 3 aliphatic heterocycles. The summed E-state index contributed by atoms with van der Waals surface area (Å²) in [7, 11) is 0. The standard InChI is InChI=1S/C42H48BrN3O7/c1-5-8-18-34(48)52-25-32(28-15-10-9-11-16-28)44-39(49)35-36-40(50)46(33(24-47)26(4)7-3)38(42(36)23-31(43)37(35)53-42)41(51)45(21-6-2)30-20-19-27-14-12-13-17-29(27)22-30/h5-6,9-17,19-20,22,26,31-33,35-38,47H,1-2,7-8,18,21,23-25H2,3-4H3,(H,44,49)/t26-,31?,32+,33-,35+,36-,37+,38+,42-/m0/s1. The molecule has 3 amide bonds. The van der Waals surface area contributed by atoms with Crippen LogP contribution in [0.25, 0.3) is 10.8 Å². The van der Waals surface area contributed by atoms with Crippen LogP contribution >= 0.6 is 15.9 Å². The Balaban J connectivity index is 1.38. The molecule has 9 atom stereocenters. The fraction of sp³-hybridized carbons (Fsp3) is 0.429. The molecule has 0 saturated carbocycles. The number of fused-ring (bicyclic) bond motifs is 2. The number of benzene rings is 3. The highest BCUT2D eigenvalue weighted by Crippen LogP contribution is 2.61. The van der Waals surface area contributed by atoms with Crippen molar-refractivity contribution < 1.29 is 33.8 Å². The van der Waals surface area contributed by atoms with Crippen LogP contribution in [0.5, 0.6) is 0 Å². The normalized spacial score (nSPS) is 26.1. The summed E-state index contributed by atoms with van der Waals surface area (Å²) >= 11 is 3.77. The number of aliphatic hydroxyl groups excluding tert-OH is 1. The van der Waals surface area contributed by atoms with Crippen molar-refractivity contribution in [3.8, 4) is 0 Å². The van der Waals surface area contributed by atoms with E-state index >= 15 is 4.79 Å². The Bertz CT molecular complexity index is 1850. The lowest BCUT2D eigenvalue weighted by Crippen LogP contribution is -2.60. The number of nitrogens with zero attached hydrogens (tertiary/aromatic N) is 2. The minimum atomic E-state index is -1.36. The smallest absolute Gasteiger partial charge is 0.306 e. The molecule has 10 nitrogen and oxygen atoms in total. The second-order valence-corrected chi connectivity index (χ2v) is 15.5. The summed E-state index contributed by atoms with van der Waals surface area (Å²) in [6.07, 6.45) is 4.16. The first kappa shape index (κ1) is 38.4. The van der Waals surface area contributed by atoms with Crippen molar-refractivity contribution in [3.05, 3.63) is 104 Å². The molecule has 3 fully saturated rings. The zero-order chi connectivity index (χ0) is 37.9. The van der Waals surface area contributed by atoms with Gasteiger partial charge in [-0.3, -0.25) is 19.2 Å². The average Bonchev–Trinajstić information content (AvgIpc) is 3.77. The molecule has 3 aromatic carbocycles. The van der Waals surface area contributed by atoms with Crippen LogP contribution in [0.1, 0.15) is 51.1 Å². The molecule has 0 aliphatic carbocycles. The molecule has 3 saturated heterocycles. The number of hydrogen-bond donors (Lipinski definition) is 2. The Labute approximate surface area is 319 Å². The van der Waals surface area contributed by atoms with Crippen molar-refractivity contribution in [3.63, 3.8) is 0 Å². The van der Waals surface area contributed by atoms with Gasteiger partial charge < -0.3 is 29.7 Å². The lowest BCUT2D eigenvalue weighted by molar-refractivity contribution is -0.147. The van der Waals surface area contributed by atoms with E-state index in [1.54, 1.807) is 17.1 Å². The van der Waals surface area contributed by atoms with Gasteiger partial charge in [-0.2, -0.15) is 0 Å². The third kappa shape index (κ3) is 7.18. The first-order valence-corrected chi connectivity index (χ1v) is 19.3. The predicted molar refractivity (Wildman–Crippen MR) is 207 cm³/mol. The van der Waals surface area contributed by atoms with E-state index in [0.29, 0.717) is 24.9 Å². The highest BCUT2D eigenvalue weighted by Gasteiger charge is 2.77. The van der Waals surface area contributed by atoms with Gasteiger partial charge in [-0.25, -0.2) is 0 Å². The molecule has 280 valence electrons. The molecular weight excluding hydrogens is 738 g/mol. The highest BCUT2D eigenvalue weighted by atomic mass is 79.9. The number of allylic oxidation sites excluding steroid dienone is 1. The van der Waals surface area contributed by atoms with Gasteiger partial charge in [0.25, 0.3) is 5.91 Å². The highest BCUT2D eigenvalue weighted by molar-refractivity contribution is 9.09. The SMILES string of the molecule is C=CCCC(=O)OC[C@@H](NC(=O)[C@H]1[C@@H]2O[C@@]3(CC2Br)[C@@H]1C(=O)N([C@@H](CO)[C@@H](C)CC)[C@@H]3C(=O)N(CC=C)c1ccc2ccccc2c1)c1ccccc1. The summed E-state index contributed by atoms with van der Waals surface area (Å²) in [5.74, 6) is -3.74. The third-order valence-electron chi connectivity index (χ3n) is 11.2. The first-order chi connectivity index (χ1) is 25.6. The summed E-state index contributed by atoms with van der Waals surface area (Å²) in [5, 5.41) is 15.9. The maximum atomic E-state index is 15.2. The number of anilines is 1. The zero-order valence-electron chi connectivity index (χ0n) is 30.2. The van der Waals surface area contributed by atoms with E-state index < -0.39 is 59.5 Å². The topological polar surface area (TPSA) is 125 Å². The molecular formula is C42H48BrN3O7. The number of rotatable bonds is 16. The van der Waals surface area contributed by atoms with E-state index in [0.717, 1.165) is 16.3 Å². The van der Waals surface area contributed by atoms with Crippen molar-refractivity contribution in [2.75, 3.05) is 24.7 Å². The number of ether oxygens (including phenoxy) is 2. The van der Waals surface area contributed by atoms with Gasteiger partial charge in [-0.05, 0) is 47.2 Å². The number of nitrogens with one attached hydrogen (secondary N) is 1. The van der Waals surface area contributed by atoms with Crippen molar-refractivity contribution in [1.29, 1.82) is 0 Å². The number of carbonyl (C=O) groups is 4. The number of hydrogen-bond acceptors (Lipinski definition) is 7. The molecule has 1 unspecified atom stereocenters. The van der Waals surface area contributed by atoms with E-state index in [4.69, 9.17) is 9.47 Å². The van der Waals surface area contributed by atoms with Crippen LogP contribution in [0.2, 0.25) is 0 Å². The number of amides is 3. The zero-order valence-corrected chi connectivity index (χ0v) is 31.8. The minimum absolute atomic E-state index is 0.110. The first-order valence-electron chi connectivity index (χ1n) is 18.4. The quantitative estimate of drug-likeness (QED) is 0.106. The van der Waals surface area contributed by atoms with Crippen LogP contribution in [0, 0.1) is 17.8 Å². The molecule has 0 aromatic heterocycles. The van der Waals surface area contributed by atoms with Gasteiger partial charge in [0.2, 0.25) is 11.8 Å². The van der Waals surface area contributed by atoms with E-state index in [1.807, 2.05) is 86.6 Å². The Morgan fingerprint density at radius 2 is 1.81 bits per heavy atom. The number of esters is 1. The minimum Gasteiger partial charge on any atom is -0.463 e. The fourth-order valence-electron chi connectivity index (χ4n) is 8.40.